The molecule has 0 fully saturated rings. The van der Waals surface area contributed by atoms with Gasteiger partial charge in [-0.3, -0.25) is 9.97 Å². The number of nitrogens with one attached hydrogen (secondary N) is 1. The Morgan fingerprint density at radius 1 is 1.16 bits per heavy atom. The molecule has 8 heteroatoms. The molecule has 0 atom stereocenters. The molecule has 0 aliphatic rings. The first-order chi connectivity index (χ1) is 12.2. The topological polar surface area (TPSA) is 110 Å². The lowest BCUT2D eigenvalue weighted by Gasteiger charge is -2.09. The van der Waals surface area contributed by atoms with Crippen molar-refractivity contribution in [1.82, 2.24) is 19.9 Å². The number of carboxylic acids is 1. The van der Waals surface area contributed by atoms with Gasteiger partial charge in [-0.15, -0.1) is 0 Å². The first-order valence-electron chi connectivity index (χ1n) is 7.41. The third-order valence-corrected chi connectivity index (χ3v) is 3.43. The Morgan fingerprint density at radius 3 is 2.76 bits per heavy atom. The number of carbonyl (C=O) groups is 1. The number of aromatic nitrogens is 4. The molecule has 3 aromatic rings. The Hall–Kier alpha value is -3.55. The second-order valence-corrected chi connectivity index (χ2v) is 5.05. The average Bonchev–Trinajstić information content (AvgIpc) is 2.67. The third-order valence-electron chi connectivity index (χ3n) is 3.43. The fourth-order valence-corrected chi connectivity index (χ4v) is 2.23. The summed E-state index contributed by atoms with van der Waals surface area (Å²) in [6, 6.07) is 6.70. The van der Waals surface area contributed by atoms with E-state index in [0.717, 1.165) is 5.56 Å². The zero-order valence-electron chi connectivity index (χ0n) is 13.4. The van der Waals surface area contributed by atoms with Crippen LogP contribution < -0.4 is 10.1 Å². The molecule has 0 amide bonds. The smallest absolute Gasteiger partial charge is 0.339 e. The maximum atomic E-state index is 11.3. The van der Waals surface area contributed by atoms with Gasteiger partial charge in [0.25, 0.3) is 0 Å². The van der Waals surface area contributed by atoms with E-state index in [9.17, 15) is 9.90 Å². The number of aromatic carboxylic acids is 1. The van der Waals surface area contributed by atoms with Crippen LogP contribution in [0.25, 0.3) is 11.4 Å². The highest BCUT2D eigenvalue weighted by Crippen LogP contribution is 2.20. The lowest BCUT2D eigenvalue weighted by atomic mass is 10.1. The summed E-state index contributed by atoms with van der Waals surface area (Å²) in [5.41, 5.74) is 2.17. The summed E-state index contributed by atoms with van der Waals surface area (Å²) in [4.78, 5) is 28.0. The van der Waals surface area contributed by atoms with Gasteiger partial charge in [0.1, 0.15) is 17.0 Å². The molecule has 2 N–H and O–H groups in total. The van der Waals surface area contributed by atoms with Crippen LogP contribution in [0.4, 0.5) is 5.95 Å². The van der Waals surface area contributed by atoms with Crippen molar-refractivity contribution in [2.45, 2.75) is 6.54 Å². The van der Waals surface area contributed by atoms with Crippen molar-refractivity contribution in [1.29, 1.82) is 0 Å². The van der Waals surface area contributed by atoms with Gasteiger partial charge in [0.15, 0.2) is 0 Å². The van der Waals surface area contributed by atoms with Crippen molar-refractivity contribution in [2.75, 3.05) is 12.4 Å². The second kappa shape index (κ2) is 7.35. The number of ether oxygens (including phenoxy) is 1. The van der Waals surface area contributed by atoms with Crippen molar-refractivity contribution in [3.05, 3.63) is 60.2 Å². The lowest BCUT2D eigenvalue weighted by molar-refractivity contribution is 0.0693. The van der Waals surface area contributed by atoms with Gasteiger partial charge in [0.2, 0.25) is 5.95 Å². The van der Waals surface area contributed by atoms with Gasteiger partial charge in [-0.05, 0) is 23.8 Å². The number of anilines is 1. The SMILES string of the molecule is COc1ccc(CNc2nccc(-c3cnccn3)n2)cc1C(=O)O. The minimum Gasteiger partial charge on any atom is -0.496 e. The summed E-state index contributed by atoms with van der Waals surface area (Å²) < 4.78 is 5.05. The van der Waals surface area contributed by atoms with Crippen molar-refractivity contribution in [3.8, 4) is 17.1 Å². The van der Waals surface area contributed by atoms with Gasteiger partial charge < -0.3 is 15.2 Å². The number of hydrogen-bond donors (Lipinski definition) is 2. The standard InChI is InChI=1S/C17H15N5O3/c1-25-15-3-2-11(8-12(15)16(23)24)9-21-17-20-5-4-13(22-17)14-10-18-6-7-19-14/h2-8,10H,9H2,1H3,(H,23,24)(H,20,21,22). The van der Waals surface area contributed by atoms with Crippen molar-refractivity contribution in [3.63, 3.8) is 0 Å². The van der Waals surface area contributed by atoms with E-state index in [4.69, 9.17) is 4.74 Å². The van der Waals surface area contributed by atoms with Gasteiger partial charge in [0, 0.05) is 25.1 Å². The predicted molar refractivity (Wildman–Crippen MR) is 90.3 cm³/mol. The second-order valence-electron chi connectivity index (χ2n) is 5.05. The predicted octanol–water partition coefficient (Wildman–Crippen LogP) is 2.25. The molecular weight excluding hydrogens is 322 g/mol. The van der Waals surface area contributed by atoms with Crippen molar-refractivity contribution < 1.29 is 14.6 Å². The van der Waals surface area contributed by atoms with Crippen LogP contribution in [0, 0.1) is 0 Å². The summed E-state index contributed by atoms with van der Waals surface area (Å²) >= 11 is 0. The molecule has 0 saturated carbocycles. The minimum atomic E-state index is -1.04. The molecule has 1 aromatic carbocycles. The minimum absolute atomic E-state index is 0.107. The summed E-state index contributed by atoms with van der Waals surface area (Å²) in [7, 11) is 1.44. The molecule has 0 bridgehead atoms. The molecule has 0 saturated heterocycles. The number of rotatable bonds is 6. The quantitative estimate of drug-likeness (QED) is 0.705. The van der Waals surface area contributed by atoms with Crippen LogP contribution in [0.2, 0.25) is 0 Å². The van der Waals surface area contributed by atoms with Gasteiger partial charge >= 0.3 is 5.97 Å². The fourth-order valence-electron chi connectivity index (χ4n) is 2.23. The maximum Gasteiger partial charge on any atom is 0.339 e. The van der Waals surface area contributed by atoms with Crippen LogP contribution in [-0.2, 0) is 6.54 Å². The molecule has 2 heterocycles. The van der Waals surface area contributed by atoms with E-state index in [1.807, 2.05) is 0 Å². The van der Waals surface area contributed by atoms with E-state index < -0.39 is 5.97 Å². The number of methoxy groups -OCH3 is 1. The van der Waals surface area contributed by atoms with E-state index in [-0.39, 0.29) is 5.56 Å². The van der Waals surface area contributed by atoms with Gasteiger partial charge in [-0.1, -0.05) is 6.07 Å². The van der Waals surface area contributed by atoms with Crippen LogP contribution in [-0.4, -0.2) is 38.1 Å². The van der Waals surface area contributed by atoms with Crippen LogP contribution in [0.15, 0.2) is 49.1 Å². The van der Waals surface area contributed by atoms with Crippen molar-refractivity contribution >= 4 is 11.9 Å². The number of benzene rings is 1. The van der Waals surface area contributed by atoms with E-state index in [2.05, 4.69) is 25.3 Å². The van der Waals surface area contributed by atoms with Crippen LogP contribution in [0.3, 0.4) is 0 Å². The maximum absolute atomic E-state index is 11.3. The molecule has 126 valence electrons. The number of hydrogen-bond acceptors (Lipinski definition) is 7. The number of carboxylic acid groups (broad SMARTS) is 1. The Kier molecular flexibility index (Phi) is 4.79. The Bertz CT molecular complexity index is 886. The van der Waals surface area contributed by atoms with E-state index in [1.54, 1.807) is 49.1 Å². The Morgan fingerprint density at radius 2 is 2.04 bits per heavy atom. The normalized spacial score (nSPS) is 10.3. The highest BCUT2D eigenvalue weighted by molar-refractivity contribution is 5.91. The van der Waals surface area contributed by atoms with Crippen LogP contribution >= 0.6 is 0 Å². The highest BCUT2D eigenvalue weighted by atomic mass is 16.5. The molecule has 8 nitrogen and oxygen atoms in total. The van der Waals surface area contributed by atoms with Gasteiger partial charge in [-0.25, -0.2) is 14.8 Å². The first kappa shape index (κ1) is 16.3. The molecule has 0 unspecified atom stereocenters. The van der Waals surface area contributed by atoms with Crippen molar-refractivity contribution in [2.24, 2.45) is 0 Å². The zero-order valence-corrected chi connectivity index (χ0v) is 13.4. The monoisotopic (exact) mass is 337 g/mol. The Labute approximate surface area is 143 Å². The molecule has 0 spiro atoms. The molecular formula is C17H15N5O3. The summed E-state index contributed by atoms with van der Waals surface area (Å²) in [5, 5.41) is 12.3. The Balaban J connectivity index is 1.76. The van der Waals surface area contributed by atoms with Crippen LogP contribution in [0.1, 0.15) is 15.9 Å². The largest absolute Gasteiger partial charge is 0.496 e. The summed E-state index contributed by atoms with van der Waals surface area (Å²) in [6.07, 6.45) is 6.42. The molecule has 0 radical (unpaired) electrons. The van der Waals surface area contributed by atoms with Gasteiger partial charge in [-0.2, -0.15) is 0 Å². The molecule has 2 aromatic heterocycles. The fraction of sp³-hybridized carbons (Fsp3) is 0.118. The van der Waals surface area contributed by atoms with Gasteiger partial charge in [0.05, 0.1) is 19.0 Å². The molecule has 0 aliphatic carbocycles. The van der Waals surface area contributed by atoms with E-state index in [0.29, 0.717) is 29.6 Å². The van der Waals surface area contributed by atoms with Crippen LogP contribution in [0.5, 0.6) is 5.75 Å². The molecule has 25 heavy (non-hydrogen) atoms. The zero-order chi connectivity index (χ0) is 17.6. The molecule has 3 rings (SSSR count). The number of nitrogens with zero attached hydrogens (tertiary/aromatic N) is 4. The summed E-state index contributed by atoms with van der Waals surface area (Å²) in [5.74, 6) is -0.312. The third kappa shape index (κ3) is 3.86. The highest BCUT2D eigenvalue weighted by Gasteiger charge is 2.11. The first-order valence-corrected chi connectivity index (χ1v) is 7.41. The lowest BCUT2D eigenvalue weighted by Crippen LogP contribution is -2.06. The van der Waals surface area contributed by atoms with E-state index >= 15 is 0 Å². The van der Waals surface area contributed by atoms with E-state index in [1.165, 1.54) is 7.11 Å². The molecule has 0 aliphatic heterocycles. The summed E-state index contributed by atoms with van der Waals surface area (Å²) in [6.45, 7) is 0.369. The average molecular weight is 337 g/mol.